The van der Waals surface area contributed by atoms with E-state index in [4.69, 9.17) is 13.6 Å². The summed E-state index contributed by atoms with van der Waals surface area (Å²) in [4.78, 5) is 0. The molecule has 0 bridgehead atoms. The van der Waals surface area contributed by atoms with Crippen LogP contribution in [0, 0.1) is 17.3 Å². The van der Waals surface area contributed by atoms with Gasteiger partial charge in [-0.15, -0.1) is 0 Å². The molecule has 1 spiro atoms. The maximum Gasteiger partial charge on any atom is 0.317 e. The van der Waals surface area contributed by atoms with Gasteiger partial charge in [0.1, 0.15) is 23.9 Å². The van der Waals surface area contributed by atoms with Crippen molar-refractivity contribution in [2.24, 2.45) is 17.3 Å². The molecule has 4 radical (unpaired) electrons. The molecule has 0 heterocycles. The summed E-state index contributed by atoms with van der Waals surface area (Å²) in [7, 11) is 0.831. The van der Waals surface area contributed by atoms with Crippen LogP contribution in [0.4, 0.5) is 0 Å². The van der Waals surface area contributed by atoms with E-state index in [0.717, 1.165) is 36.5 Å². The van der Waals surface area contributed by atoms with E-state index in [1.165, 1.54) is 39.0 Å². The molecule has 4 aromatic rings. The number of hydrogen-bond acceptors (Lipinski definition) is 3. The minimum atomic E-state index is 0.00335. The maximum atomic E-state index is 6.50. The Kier molecular flexibility index (Phi) is 9.84. The third-order valence-electron chi connectivity index (χ3n) is 10.9. The summed E-state index contributed by atoms with van der Waals surface area (Å²) in [5.41, 5.74) is 9.37. The molecule has 0 saturated carbocycles. The Hall–Kier alpha value is -3.55. The van der Waals surface area contributed by atoms with E-state index in [2.05, 4.69) is 146 Å². The minimum absolute atomic E-state index is 0.00335. The van der Waals surface area contributed by atoms with Crippen LogP contribution in [0.1, 0.15) is 88.8 Å². The Bertz CT molecular complexity index is 1750. The summed E-state index contributed by atoms with van der Waals surface area (Å²) in [5, 5.41) is 0.275. The SMILES string of the molecule is CC(C)C(C)(C)[Si]Oc1ccc2c(c1)CC1(C2)Cc2ccc(O[Si]C(C)(C)C(C)C)cc2C1=Cc1ccc(OCc2ccccc2)cc1. The fourth-order valence-electron chi connectivity index (χ4n) is 6.29. The molecule has 48 heavy (non-hydrogen) atoms. The number of rotatable bonds is 12. The van der Waals surface area contributed by atoms with Crippen molar-refractivity contribution in [3.05, 3.63) is 124 Å². The molecule has 1 unspecified atom stereocenters. The van der Waals surface area contributed by atoms with Crippen LogP contribution in [0.25, 0.3) is 11.6 Å². The van der Waals surface area contributed by atoms with Crippen molar-refractivity contribution in [1.82, 2.24) is 0 Å². The molecule has 5 heteroatoms. The monoisotopic (exact) mass is 670 g/mol. The Morgan fingerprint density at radius 2 is 1.19 bits per heavy atom. The Morgan fingerprint density at radius 3 is 1.81 bits per heavy atom. The molecule has 0 amide bonds. The summed E-state index contributed by atoms with van der Waals surface area (Å²) in [6, 6.07) is 32.5. The molecular weight excluding hydrogens is 621 g/mol. The lowest BCUT2D eigenvalue weighted by molar-refractivity contribution is 0.306. The van der Waals surface area contributed by atoms with Gasteiger partial charge in [0.2, 0.25) is 0 Å². The van der Waals surface area contributed by atoms with Gasteiger partial charge in [-0.1, -0.05) is 116 Å². The van der Waals surface area contributed by atoms with Crippen molar-refractivity contribution in [2.75, 3.05) is 0 Å². The van der Waals surface area contributed by atoms with Gasteiger partial charge < -0.3 is 13.6 Å². The van der Waals surface area contributed by atoms with E-state index < -0.39 is 0 Å². The first-order valence-electron chi connectivity index (χ1n) is 17.5. The molecule has 0 fully saturated rings. The smallest absolute Gasteiger partial charge is 0.317 e. The molecule has 1 atom stereocenters. The molecule has 4 aromatic carbocycles. The topological polar surface area (TPSA) is 27.7 Å². The number of hydrogen-bond donors (Lipinski definition) is 0. The molecule has 0 aliphatic heterocycles. The summed E-state index contributed by atoms with van der Waals surface area (Å²) >= 11 is 0. The lowest BCUT2D eigenvalue weighted by Gasteiger charge is -2.27. The van der Waals surface area contributed by atoms with E-state index in [0.29, 0.717) is 38.0 Å². The van der Waals surface area contributed by atoms with E-state index >= 15 is 0 Å². The Balaban J connectivity index is 1.29. The minimum Gasteiger partial charge on any atom is -0.540 e. The quantitative estimate of drug-likeness (QED) is 0.140. The molecule has 6 rings (SSSR count). The van der Waals surface area contributed by atoms with E-state index in [1.807, 2.05) is 6.07 Å². The van der Waals surface area contributed by atoms with Crippen molar-refractivity contribution >= 4 is 31.2 Å². The van der Waals surface area contributed by atoms with E-state index in [-0.39, 0.29) is 15.5 Å². The van der Waals surface area contributed by atoms with Gasteiger partial charge in [0, 0.05) is 5.41 Å². The van der Waals surface area contributed by atoms with Crippen LogP contribution in [0.3, 0.4) is 0 Å². The van der Waals surface area contributed by atoms with Gasteiger partial charge in [-0.3, -0.25) is 0 Å². The molecular formula is C43H50O3Si2. The molecule has 0 N–H and O–H groups in total. The van der Waals surface area contributed by atoms with Crippen LogP contribution in [0.5, 0.6) is 17.2 Å². The highest BCUT2D eigenvalue weighted by atomic mass is 28.2. The largest absolute Gasteiger partial charge is 0.540 e. The van der Waals surface area contributed by atoms with Crippen LogP contribution >= 0.6 is 0 Å². The second kappa shape index (κ2) is 13.8. The van der Waals surface area contributed by atoms with Gasteiger partial charge in [0.05, 0.1) is 0 Å². The molecule has 2 aliphatic rings. The second-order valence-electron chi connectivity index (χ2n) is 15.6. The van der Waals surface area contributed by atoms with Crippen molar-refractivity contribution < 1.29 is 13.6 Å². The molecule has 0 saturated heterocycles. The standard InChI is InChI=1S/C43H50O3Si2/c1-29(2)41(5,6)47-45-37-20-16-33-25-43(27-35(33)23-37)26-34-17-21-38(46-48-42(7,8)30(3)4)24-39(34)40(43)22-31-14-18-36(19-15-31)44-28-32-12-10-9-11-13-32/h9-24,29-30H,25-28H2,1-8H3. The van der Waals surface area contributed by atoms with Crippen molar-refractivity contribution in [2.45, 2.75) is 91.3 Å². The van der Waals surface area contributed by atoms with Gasteiger partial charge in [-0.25, -0.2) is 0 Å². The number of fused-ring (bicyclic) bond motifs is 2. The fourth-order valence-corrected chi connectivity index (χ4v) is 7.78. The zero-order valence-corrected chi connectivity index (χ0v) is 31.9. The van der Waals surface area contributed by atoms with Crippen molar-refractivity contribution in [3.63, 3.8) is 0 Å². The average molecular weight is 671 g/mol. The van der Waals surface area contributed by atoms with Gasteiger partial charge in [-0.05, 0) is 117 Å². The van der Waals surface area contributed by atoms with Crippen molar-refractivity contribution in [3.8, 4) is 17.2 Å². The molecule has 0 aromatic heterocycles. The zero-order valence-electron chi connectivity index (χ0n) is 29.9. The second-order valence-corrected chi connectivity index (χ2v) is 19.0. The van der Waals surface area contributed by atoms with Gasteiger partial charge >= 0.3 is 19.5 Å². The third kappa shape index (κ3) is 7.53. The van der Waals surface area contributed by atoms with Crippen LogP contribution in [-0.2, 0) is 25.9 Å². The van der Waals surface area contributed by atoms with Crippen LogP contribution in [-0.4, -0.2) is 19.5 Å². The highest BCUT2D eigenvalue weighted by Gasteiger charge is 2.46. The number of allylic oxidation sites excluding steroid dienone is 1. The summed E-state index contributed by atoms with van der Waals surface area (Å²) < 4.78 is 19.0. The van der Waals surface area contributed by atoms with Crippen LogP contribution in [0.2, 0.25) is 10.1 Å². The Labute approximate surface area is 294 Å². The third-order valence-corrected chi connectivity index (χ3v) is 13.8. The summed E-state index contributed by atoms with van der Waals surface area (Å²) in [6.45, 7) is 18.9. The van der Waals surface area contributed by atoms with Gasteiger partial charge in [-0.2, -0.15) is 0 Å². The molecule has 3 nitrogen and oxygen atoms in total. The van der Waals surface area contributed by atoms with Gasteiger partial charge in [0.25, 0.3) is 0 Å². The van der Waals surface area contributed by atoms with Gasteiger partial charge in [0.15, 0.2) is 0 Å². The first-order chi connectivity index (χ1) is 22.8. The summed E-state index contributed by atoms with van der Waals surface area (Å²) in [5.74, 6) is 3.96. The molecule has 2 aliphatic carbocycles. The van der Waals surface area contributed by atoms with E-state index in [1.54, 1.807) is 0 Å². The number of benzene rings is 4. The predicted molar refractivity (Wildman–Crippen MR) is 202 cm³/mol. The summed E-state index contributed by atoms with van der Waals surface area (Å²) in [6.07, 6.45) is 5.49. The normalized spacial score (nSPS) is 18.1. The zero-order chi connectivity index (χ0) is 34.1. The predicted octanol–water partition coefficient (Wildman–Crippen LogP) is 10.9. The van der Waals surface area contributed by atoms with Crippen LogP contribution < -0.4 is 13.6 Å². The first-order valence-corrected chi connectivity index (χ1v) is 19.3. The van der Waals surface area contributed by atoms with Crippen LogP contribution in [0.15, 0.2) is 91.0 Å². The Morgan fingerprint density at radius 1 is 0.646 bits per heavy atom. The average Bonchev–Trinajstić information content (AvgIpc) is 3.57. The lowest BCUT2D eigenvalue weighted by atomic mass is 9.77. The fraction of sp³-hybridized carbons (Fsp3) is 0.395. The maximum absolute atomic E-state index is 6.50. The molecule has 248 valence electrons. The number of ether oxygens (including phenoxy) is 1. The highest BCUT2D eigenvalue weighted by Crippen LogP contribution is 2.56. The lowest BCUT2D eigenvalue weighted by Crippen LogP contribution is -2.24. The van der Waals surface area contributed by atoms with E-state index in [9.17, 15) is 0 Å². The highest BCUT2D eigenvalue weighted by molar-refractivity contribution is 6.33. The first kappa shape index (κ1) is 34.3. The van der Waals surface area contributed by atoms with Crippen molar-refractivity contribution in [1.29, 1.82) is 0 Å².